The summed E-state index contributed by atoms with van der Waals surface area (Å²) in [6, 6.07) is 10.4. The quantitative estimate of drug-likeness (QED) is 0.515. The van der Waals surface area contributed by atoms with Crippen LogP contribution in [-0.4, -0.2) is 37.0 Å². The Balaban J connectivity index is 1.42. The molecule has 0 saturated carbocycles. The van der Waals surface area contributed by atoms with Crippen molar-refractivity contribution in [3.8, 4) is 0 Å². The van der Waals surface area contributed by atoms with Gasteiger partial charge in [0.25, 0.3) is 11.2 Å². The summed E-state index contributed by atoms with van der Waals surface area (Å²) in [4.78, 5) is 29.9. The monoisotopic (exact) mass is 379 g/mol. The molecule has 1 saturated heterocycles. The van der Waals surface area contributed by atoms with Crippen molar-refractivity contribution in [2.75, 3.05) is 13.1 Å². The van der Waals surface area contributed by atoms with Gasteiger partial charge in [0.05, 0.1) is 22.5 Å². The van der Waals surface area contributed by atoms with Gasteiger partial charge < -0.3 is 9.13 Å². The van der Waals surface area contributed by atoms with Crippen molar-refractivity contribution in [3.05, 3.63) is 68.4 Å². The van der Waals surface area contributed by atoms with E-state index in [4.69, 9.17) is 0 Å². The summed E-state index contributed by atoms with van der Waals surface area (Å²) in [7, 11) is 1.95. The molecule has 2 atom stereocenters. The van der Waals surface area contributed by atoms with E-state index in [9.17, 15) is 14.9 Å². The van der Waals surface area contributed by atoms with Crippen molar-refractivity contribution in [1.82, 2.24) is 19.0 Å². The van der Waals surface area contributed by atoms with Gasteiger partial charge in [-0.05, 0) is 24.5 Å². The number of nitrogens with zero attached hydrogens (tertiary/aromatic N) is 5. The first kappa shape index (κ1) is 17.1. The van der Waals surface area contributed by atoms with Gasteiger partial charge in [-0.1, -0.05) is 6.07 Å². The molecule has 8 nitrogen and oxygen atoms in total. The van der Waals surface area contributed by atoms with Crippen molar-refractivity contribution in [2.24, 2.45) is 13.0 Å². The molecular formula is C20H21N5O3. The Morgan fingerprint density at radius 3 is 2.89 bits per heavy atom. The summed E-state index contributed by atoms with van der Waals surface area (Å²) >= 11 is 0. The van der Waals surface area contributed by atoms with Crippen LogP contribution in [0.2, 0.25) is 0 Å². The van der Waals surface area contributed by atoms with Crippen LogP contribution in [0.5, 0.6) is 0 Å². The molecule has 5 rings (SSSR count). The smallest absolute Gasteiger partial charge is 0.271 e. The number of likely N-dealkylation sites (tertiary alicyclic amines) is 1. The van der Waals surface area contributed by atoms with E-state index >= 15 is 0 Å². The fourth-order valence-electron chi connectivity index (χ4n) is 4.82. The van der Waals surface area contributed by atoms with Gasteiger partial charge in [0.15, 0.2) is 0 Å². The molecule has 0 radical (unpaired) electrons. The van der Waals surface area contributed by atoms with Gasteiger partial charge >= 0.3 is 0 Å². The number of nitro groups is 1. The maximum Gasteiger partial charge on any atom is 0.271 e. The minimum absolute atomic E-state index is 0.0618. The summed E-state index contributed by atoms with van der Waals surface area (Å²) in [5, 5.41) is 11.0. The maximum absolute atomic E-state index is 12.2. The Hall–Kier alpha value is -3.00. The second-order valence-electron chi connectivity index (χ2n) is 7.91. The molecule has 3 aromatic rings. The van der Waals surface area contributed by atoms with Crippen LogP contribution in [-0.2, 0) is 20.1 Å². The van der Waals surface area contributed by atoms with Crippen LogP contribution >= 0.6 is 0 Å². The molecule has 0 spiro atoms. The highest BCUT2D eigenvalue weighted by molar-refractivity contribution is 5.78. The number of benzene rings is 1. The highest BCUT2D eigenvalue weighted by Gasteiger charge is 2.34. The van der Waals surface area contributed by atoms with E-state index in [1.807, 2.05) is 22.2 Å². The number of fused-ring (bicyclic) bond motifs is 5. The van der Waals surface area contributed by atoms with Gasteiger partial charge in [-0.3, -0.25) is 19.8 Å². The Kier molecular flexibility index (Phi) is 3.83. The summed E-state index contributed by atoms with van der Waals surface area (Å²) < 4.78 is 3.95. The highest BCUT2D eigenvalue weighted by Crippen LogP contribution is 2.35. The van der Waals surface area contributed by atoms with E-state index in [0.717, 1.165) is 43.1 Å². The molecule has 0 amide bonds. The average Bonchev–Trinajstić information content (AvgIpc) is 2.97. The lowest BCUT2D eigenvalue weighted by atomic mass is 9.83. The fraction of sp³-hybridized carbons (Fsp3) is 0.400. The molecule has 2 aromatic heterocycles. The third-order valence-corrected chi connectivity index (χ3v) is 6.09. The van der Waals surface area contributed by atoms with Crippen molar-refractivity contribution in [1.29, 1.82) is 0 Å². The SMILES string of the molecule is Cn1c(CN2C[C@@H]3C[C@H](C2)c2cccc(=O)n2C3)nc2cc([N+](=O)[O-])ccc21. The predicted octanol–water partition coefficient (Wildman–Crippen LogP) is 2.26. The second kappa shape index (κ2) is 6.27. The molecule has 0 N–H and O–H groups in total. The van der Waals surface area contributed by atoms with Crippen molar-refractivity contribution < 1.29 is 4.92 Å². The summed E-state index contributed by atoms with van der Waals surface area (Å²) in [6.45, 7) is 3.30. The van der Waals surface area contributed by atoms with Crippen LogP contribution in [0.25, 0.3) is 11.0 Å². The lowest BCUT2D eigenvalue weighted by Gasteiger charge is -2.42. The molecule has 4 heterocycles. The van der Waals surface area contributed by atoms with Crippen LogP contribution < -0.4 is 5.56 Å². The highest BCUT2D eigenvalue weighted by atomic mass is 16.6. The minimum Gasteiger partial charge on any atom is -0.330 e. The first-order valence-electron chi connectivity index (χ1n) is 9.51. The summed E-state index contributed by atoms with van der Waals surface area (Å²) in [5.74, 6) is 1.72. The second-order valence-corrected chi connectivity index (χ2v) is 7.91. The molecule has 0 aliphatic carbocycles. The van der Waals surface area contributed by atoms with Crippen LogP contribution in [0.1, 0.15) is 23.9 Å². The molecule has 0 unspecified atom stereocenters. The first-order chi connectivity index (χ1) is 13.5. The molecular weight excluding hydrogens is 358 g/mol. The van der Waals surface area contributed by atoms with E-state index in [1.54, 1.807) is 12.1 Å². The lowest BCUT2D eigenvalue weighted by molar-refractivity contribution is -0.384. The Bertz CT molecular complexity index is 1150. The third kappa shape index (κ3) is 2.72. The number of hydrogen-bond donors (Lipinski definition) is 0. The van der Waals surface area contributed by atoms with Crippen molar-refractivity contribution in [2.45, 2.75) is 25.4 Å². The van der Waals surface area contributed by atoms with Crippen LogP contribution in [0.3, 0.4) is 0 Å². The number of rotatable bonds is 3. The first-order valence-corrected chi connectivity index (χ1v) is 9.51. The zero-order chi connectivity index (χ0) is 19.4. The predicted molar refractivity (Wildman–Crippen MR) is 104 cm³/mol. The standard InChI is InChI=1S/C20H21N5O3/c1-22-18-6-5-15(25(27)28)8-16(18)21-19(22)12-23-9-13-7-14(11-23)17-3-2-4-20(26)24(17)10-13/h2-6,8,13-14H,7,9-12H2,1H3/t13-,14+/m0/s1. The van der Waals surface area contributed by atoms with Gasteiger partial charge in [-0.15, -0.1) is 0 Å². The van der Waals surface area contributed by atoms with E-state index < -0.39 is 0 Å². The number of imidazole rings is 1. The van der Waals surface area contributed by atoms with Crippen LogP contribution in [0.15, 0.2) is 41.2 Å². The molecule has 1 fully saturated rings. The Morgan fingerprint density at radius 1 is 1.21 bits per heavy atom. The largest absolute Gasteiger partial charge is 0.330 e. The molecule has 2 aliphatic rings. The molecule has 144 valence electrons. The zero-order valence-electron chi connectivity index (χ0n) is 15.6. The Labute approximate surface area is 161 Å². The van der Waals surface area contributed by atoms with E-state index in [1.165, 1.54) is 12.1 Å². The lowest BCUT2D eigenvalue weighted by Crippen LogP contribution is -2.46. The number of hydrogen-bond acceptors (Lipinski definition) is 5. The number of piperidine rings is 1. The maximum atomic E-state index is 12.2. The van der Waals surface area contributed by atoms with Crippen LogP contribution in [0.4, 0.5) is 5.69 Å². The number of non-ortho nitro benzene ring substituents is 1. The van der Waals surface area contributed by atoms with Gasteiger partial charge in [0.2, 0.25) is 0 Å². The summed E-state index contributed by atoms with van der Waals surface area (Å²) in [6.07, 6.45) is 1.12. The molecule has 2 bridgehead atoms. The number of nitro benzene ring substituents is 1. The summed E-state index contributed by atoms with van der Waals surface area (Å²) in [5.41, 5.74) is 2.84. The number of aromatic nitrogens is 3. The molecule has 28 heavy (non-hydrogen) atoms. The Morgan fingerprint density at radius 2 is 2.07 bits per heavy atom. The van der Waals surface area contributed by atoms with Crippen molar-refractivity contribution >= 4 is 16.7 Å². The van der Waals surface area contributed by atoms with Crippen LogP contribution in [0, 0.1) is 16.0 Å². The van der Waals surface area contributed by atoms with Gasteiger partial charge in [-0.2, -0.15) is 0 Å². The molecule has 2 aliphatic heterocycles. The number of aryl methyl sites for hydroxylation is 1. The topological polar surface area (TPSA) is 86.2 Å². The fourth-order valence-corrected chi connectivity index (χ4v) is 4.82. The van der Waals surface area contributed by atoms with Gasteiger partial charge in [0, 0.05) is 56.5 Å². The minimum atomic E-state index is -0.390. The van der Waals surface area contributed by atoms with E-state index in [-0.39, 0.29) is 16.2 Å². The van der Waals surface area contributed by atoms with Gasteiger partial charge in [0.1, 0.15) is 5.82 Å². The van der Waals surface area contributed by atoms with E-state index in [0.29, 0.717) is 23.9 Å². The average molecular weight is 379 g/mol. The molecule has 1 aromatic carbocycles. The van der Waals surface area contributed by atoms with Crippen molar-refractivity contribution in [3.63, 3.8) is 0 Å². The third-order valence-electron chi connectivity index (χ3n) is 6.09. The number of pyridine rings is 1. The normalized spacial score (nSPS) is 21.6. The van der Waals surface area contributed by atoms with Gasteiger partial charge in [-0.25, -0.2) is 4.98 Å². The molecule has 8 heteroatoms. The van der Waals surface area contributed by atoms with E-state index in [2.05, 4.69) is 16.0 Å². The zero-order valence-corrected chi connectivity index (χ0v) is 15.6.